The van der Waals surface area contributed by atoms with Crippen molar-refractivity contribution in [2.75, 3.05) is 13.1 Å². The van der Waals surface area contributed by atoms with E-state index in [-0.39, 0.29) is 29.8 Å². The molecular weight excluding hydrogens is 356 g/mol. The van der Waals surface area contributed by atoms with Gasteiger partial charge in [-0.25, -0.2) is 4.79 Å². The molecule has 2 aromatic rings. The smallest absolute Gasteiger partial charge is 0.335 e. The van der Waals surface area contributed by atoms with Crippen molar-refractivity contribution >= 4 is 17.8 Å². The minimum Gasteiger partial charge on any atom is -0.478 e. The van der Waals surface area contributed by atoms with Gasteiger partial charge < -0.3 is 15.3 Å². The van der Waals surface area contributed by atoms with Crippen LogP contribution in [-0.2, 0) is 11.2 Å². The van der Waals surface area contributed by atoms with Gasteiger partial charge in [0.1, 0.15) is 0 Å². The zero-order valence-electron chi connectivity index (χ0n) is 15.6. The average molecular weight is 380 g/mol. The Kier molecular flexibility index (Phi) is 6.42. The number of hydrogen-bond donors (Lipinski definition) is 2. The quantitative estimate of drug-likeness (QED) is 0.807. The second-order valence-corrected chi connectivity index (χ2v) is 6.96. The van der Waals surface area contributed by atoms with E-state index in [0.717, 1.165) is 12.8 Å². The Morgan fingerprint density at radius 3 is 2.29 bits per heavy atom. The van der Waals surface area contributed by atoms with E-state index < -0.39 is 5.97 Å². The molecule has 1 saturated heterocycles. The van der Waals surface area contributed by atoms with Gasteiger partial charge in [0.2, 0.25) is 5.91 Å². The number of amides is 2. The van der Waals surface area contributed by atoms with Crippen LogP contribution in [-0.4, -0.2) is 46.9 Å². The van der Waals surface area contributed by atoms with Gasteiger partial charge in [-0.2, -0.15) is 0 Å². The van der Waals surface area contributed by atoms with Gasteiger partial charge in [0, 0.05) is 31.1 Å². The number of nitrogens with one attached hydrogen (secondary N) is 1. The number of hydrogen-bond acceptors (Lipinski definition) is 3. The molecule has 1 aliphatic rings. The maximum absolute atomic E-state index is 12.5. The molecule has 146 valence electrons. The molecule has 0 spiro atoms. The van der Waals surface area contributed by atoms with Crippen LogP contribution in [0.15, 0.2) is 54.6 Å². The molecule has 0 unspecified atom stereocenters. The van der Waals surface area contributed by atoms with Crippen molar-refractivity contribution in [2.24, 2.45) is 0 Å². The summed E-state index contributed by atoms with van der Waals surface area (Å²) >= 11 is 0. The maximum atomic E-state index is 12.5. The largest absolute Gasteiger partial charge is 0.478 e. The number of aromatic carboxylic acids is 1. The lowest BCUT2D eigenvalue weighted by atomic mass is 10.0. The van der Waals surface area contributed by atoms with Crippen LogP contribution in [0.4, 0.5) is 0 Å². The lowest BCUT2D eigenvalue weighted by Gasteiger charge is -2.32. The molecule has 2 N–H and O–H groups in total. The molecule has 1 aliphatic heterocycles. The second kappa shape index (κ2) is 9.17. The van der Waals surface area contributed by atoms with Crippen LogP contribution in [0.5, 0.6) is 0 Å². The maximum Gasteiger partial charge on any atom is 0.335 e. The Morgan fingerprint density at radius 2 is 1.61 bits per heavy atom. The Balaban J connectivity index is 1.45. The lowest BCUT2D eigenvalue weighted by molar-refractivity contribution is -0.122. The molecule has 6 nitrogen and oxygen atoms in total. The van der Waals surface area contributed by atoms with Crippen molar-refractivity contribution in [3.63, 3.8) is 0 Å². The highest BCUT2D eigenvalue weighted by Gasteiger charge is 2.24. The average Bonchev–Trinajstić information content (AvgIpc) is 2.73. The highest BCUT2D eigenvalue weighted by molar-refractivity contribution is 5.94. The van der Waals surface area contributed by atoms with Crippen LogP contribution in [0, 0.1) is 0 Å². The molecule has 0 aromatic heterocycles. The number of benzene rings is 2. The third kappa shape index (κ3) is 4.97. The predicted octanol–water partition coefficient (Wildman–Crippen LogP) is 2.74. The molecule has 6 heteroatoms. The van der Waals surface area contributed by atoms with E-state index in [0.29, 0.717) is 30.6 Å². The van der Waals surface area contributed by atoms with Crippen LogP contribution in [0.3, 0.4) is 0 Å². The standard InChI is InChI=1S/C22H24N2O4/c25-20(11-10-16-6-4-5-9-19(16)22(27)28)23-18-12-14-24(15-13-18)21(26)17-7-2-1-3-8-17/h1-9,18H,10-15H2,(H,23,25)(H,27,28). The van der Waals surface area contributed by atoms with Crippen molar-refractivity contribution in [3.8, 4) is 0 Å². The highest BCUT2D eigenvalue weighted by Crippen LogP contribution is 2.15. The first-order chi connectivity index (χ1) is 13.5. The van der Waals surface area contributed by atoms with E-state index in [2.05, 4.69) is 5.32 Å². The third-order valence-electron chi connectivity index (χ3n) is 5.04. The van der Waals surface area contributed by atoms with E-state index >= 15 is 0 Å². The number of piperidine rings is 1. The SMILES string of the molecule is O=C(CCc1ccccc1C(=O)O)NC1CCN(C(=O)c2ccccc2)CC1. The van der Waals surface area contributed by atoms with Gasteiger partial charge in [-0.15, -0.1) is 0 Å². The Labute approximate surface area is 164 Å². The van der Waals surface area contributed by atoms with Crippen molar-refractivity contribution in [1.82, 2.24) is 10.2 Å². The minimum absolute atomic E-state index is 0.0238. The molecule has 3 rings (SSSR count). The van der Waals surface area contributed by atoms with Crippen molar-refractivity contribution in [1.29, 1.82) is 0 Å². The number of rotatable bonds is 6. The molecule has 1 fully saturated rings. The first-order valence-corrected chi connectivity index (χ1v) is 9.49. The summed E-state index contributed by atoms with van der Waals surface area (Å²) < 4.78 is 0. The molecule has 0 bridgehead atoms. The summed E-state index contributed by atoms with van der Waals surface area (Å²) in [6.45, 7) is 1.22. The fourth-order valence-corrected chi connectivity index (χ4v) is 3.49. The molecule has 0 atom stereocenters. The van der Waals surface area contributed by atoms with Gasteiger partial charge >= 0.3 is 5.97 Å². The van der Waals surface area contributed by atoms with E-state index in [9.17, 15) is 19.5 Å². The predicted molar refractivity (Wildman–Crippen MR) is 105 cm³/mol. The Morgan fingerprint density at radius 1 is 0.964 bits per heavy atom. The second-order valence-electron chi connectivity index (χ2n) is 6.96. The van der Waals surface area contributed by atoms with Crippen LogP contribution >= 0.6 is 0 Å². The summed E-state index contributed by atoms with van der Waals surface area (Å²) in [5, 5.41) is 12.2. The van der Waals surface area contributed by atoms with Gasteiger partial charge in [-0.1, -0.05) is 36.4 Å². The fourth-order valence-electron chi connectivity index (χ4n) is 3.49. The van der Waals surface area contributed by atoms with Crippen LogP contribution in [0.1, 0.15) is 45.5 Å². The Hall–Kier alpha value is -3.15. The topological polar surface area (TPSA) is 86.7 Å². The summed E-state index contributed by atoms with van der Waals surface area (Å²) in [6.07, 6.45) is 2.07. The molecular formula is C22H24N2O4. The zero-order chi connectivity index (χ0) is 19.9. The highest BCUT2D eigenvalue weighted by atomic mass is 16.4. The summed E-state index contributed by atoms with van der Waals surface area (Å²) in [5.74, 6) is -1.05. The molecule has 2 amide bonds. The lowest BCUT2D eigenvalue weighted by Crippen LogP contribution is -2.46. The van der Waals surface area contributed by atoms with E-state index in [4.69, 9.17) is 0 Å². The van der Waals surface area contributed by atoms with Crippen molar-refractivity contribution in [3.05, 3.63) is 71.3 Å². The zero-order valence-corrected chi connectivity index (χ0v) is 15.6. The number of carboxylic acid groups (broad SMARTS) is 1. The summed E-state index contributed by atoms with van der Waals surface area (Å²) in [6, 6.07) is 16.0. The van der Waals surface area contributed by atoms with Crippen molar-refractivity contribution in [2.45, 2.75) is 31.7 Å². The van der Waals surface area contributed by atoms with Crippen LogP contribution < -0.4 is 5.32 Å². The number of carbonyl (C=O) groups excluding carboxylic acids is 2. The fraction of sp³-hybridized carbons (Fsp3) is 0.318. The van der Waals surface area contributed by atoms with E-state index in [1.54, 1.807) is 24.3 Å². The molecule has 0 radical (unpaired) electrons. The molecule has 0 aliphatic carbocycles. The van der Waals surface area contributed by atoms with E-state index in [1.807, 2.05) is 35.2 Å². The van der Waals surface area contributed by atoms with Crippen LogP contribution in [0.25, 0.3) is 0 Å². The monoisotopic (exact) mass is 380 g/mol. The Bertz CT molecular complexity index is 843. The number of nitrogens with zero attached hydrogens (tertiary/aromatic N) is 1. The summed E-state index contributed by atoms with van der Waals surface area (Å²) in [7, 11) is 0. The number of carboxylic acids is 1. The number of aryl methyl sites for hydroxylation is 1. The number of carbonyl (C=O) groups is 3. The normalized spacial score (nSPS) is 14.5. The van der Waals surface area contributed by atoms with Gasteiger partial charge in [-0.3, -0.25) is 9.59 Å². The van der Waals surface area contributed by atoms with Gasteiger partial charge in [0.15, 0.2) is 0 Å². The first kappa shape index (κ1) is 19.6. The van der Waals surface area contributed by atoms with Crippen LogP contribution in [0.2, 0.25) is 0 Å². The minimum atomic E-state index is -0.980. The summed E-state index contributed by atoms with van der Waals surface area (Å²) in [5.41, 5.74) is 1.58. The molecule has 1 heterocycles. The number of likely N-dealkylation sites (tertiary alicyclic amines) is 1. The third-order valence-corrected chi connectivity index (χ3v) is 5.04. The molecule has 0 saturated carbocycles. The molecule has 28 heavy (non-hydrogen) atoms. The van der Waals surface area contributed by atoms with Gasteiger partial charge in [0.05, 0.1) is 5.56 Å². The summed E-state index contributed by atoms with van der Waals surface area (Å²) in [4.78, 5) is 37.8. The van der Waals surface area contributed by atoms with Gasteiger partial charge in [-0.05, 0) is 43.0 Å². The molecule has 2 aromatic carbocycles. The first-order valence-electron chi connectivity index (χ1n) is 9.49. The van der Waals surface area contributed by atoms with Gasteiger partial charge in [0.25, 0.3) is 5.91 Å². The van der Waals surface area contributed by atoms with Crippen molar-refractivity contribution < 1.29 is 19.5 Å². The van der Waals surface area contributed by atoms with E-state index in [1.165, 1.54) is 0 Å².